The van der Waals surface area contributed by atoms with E-state index >= 15 is 0 Å². The largest absolute Gasteiger partial charge is 0.264 e. The molecular formula is C17H10N4. The van der Waals surface area contributed by atoms with Crippen molar-refractivity contribution in [1.82, 2.24) is 19.6 Å². The normalized spacial score (nSPS) is 11.8. The van der Waals surface area contributed by atoms with Crippen LogP contribution in [0.4, 0.5) is 0 Å². The van der Waals surface area contributed by atoms with Crippen molar-refractivity contribution >= 4 is 38.1 Å². The first-order chi connectivity index (χ1) is 10.4. The van der Waals surface area contributed by atoms with Crippen molar-refractivity contribution in [1.29, 1.82) is 0 Å². The van der Waals surface area contributed by atoms with Gasteiger partial charge < -0.3 is 0 Å². The molecule has 0 aliphatic carbocycles. The van der Waals surface area contributed by atoms with E-state index in [1.165, 1.54) is 5.39 Å². The number of fused-ring (bicyclic) bond motifs is 7. The van der Waals surface area contributed by atoms with Gasteiger partial charge in [0, 0.05) is 34.7 Å². The monoisotopic (exact) mass is 270 g/mol. The van der Waals surface area contributed by atoms with E-state index in [2.05, 4.69) is 33.3 Å². The Morgan fingerprint density at radius 2 is 1.81 bits per heavy atom. The maximum atomic E-state index is 4.54. The number of aromatic nitrogens is 4. The van der Waals surface area contributed by atoms with Crippen LogP contribution in [-0.2, 0) is 0 Å². The first-order valence-corrected chi connectivity index (χ1v) is 6.80. The molecule has 0 unspecified atom stereocenters. The molecule has 0 saturated heterocycles. The third kappa shape index (κ3) is 1.36. The van der Waals surface area contributed by atoms with Gasteiger partial charge in [0.2, 0.25) is 0 Å². The molecule has 4 nitrogen and oxygen atoms in total. The third-order valence-electron chi connectivity index (χ3n) is 3.97. The van der Waals surface area contributed by atoms with Crippen molar-refractivity contribution in [2.45, 2.75) is 0 Å². The van der Waals surface area contributed by atoms with Crippen molar-refractivity contribution < 1.29 is 0 Å². The average Bonchev–Trinajstić information content (AvgIpc) is 3.03. The fraction of sp³-hybridized carbons (Fsp3) is 0. The highest BCUT2D eigenvalue weighted by molar-refractivity contribution is 6.13. The topological polar surface area (TPSA) is 43.1 Å². The summed E-state index contributed by atoms with van der Waals surface area (Å²) in [6.45, 7) is 0. The molecule has 0 bridgehead atoms. The molecule has 0 aliphatic rings. The molecule has 1 aromatic carbocycles. The van der Waals surface area contributed by atoms with Gasteiger partial charge >= 0.3 is 0 Å². The molecule has 5 rings (SSSR count). The molecule has 0 atom stereocenters. The van der Waals surface area contributed by atoms with E-state index in [4.69, 9.17) is 0 Å². The van der Waals surface area contributed by atoms with E-state index in [0.29, 0.717) is 0 Å². The van der Waals surface area contributed by atoms with E-state index in [0.717, 1.165) is 32.7 Å². The van der Waals surface area contributed by atoms with Gasteiger partial charge in [0.1, 0.15) is 0 Å². The lowest BCUT2D eigenvalue weighted by Gasteiger charge is -2.08. The third-order valence-corrected chi connectivity index (χ3v) is 3.97. The molecule has 0 fully saturated rings. The molecule has 5 aromatic rings. The second-order valence-electron chi connectivity index (χ2n) is 5.12. The van der Waals surface area contributed by atoms with Crippen molar-refractivity contribution in [2.24, 2.45) is 0 Å². The van der Waals surface area contributed by atoms with E-state index in [-0.39, 0.29) is 0 Å². The molecule has 0 radical (unpaired) electrons. The van der Waals surface area contributed by atoms with Crippen molar-refractivity contribution in [3.8, 4) is 0 Å². The molecule has 0 amide bonds. The van der Waals surface area contributed by atoms with Crippen LogP contribution in [0, 0.1) is 0 Å². The van der Waals surface area contributed by atoms with Gasteiger partial charge in [-0.2, -0.15) is 5.10 Å². The number of nitrogens with zero attached hydrogens (tertiary/aromatic N) is 4. The minimum absolute atomic E-state index is 0.982. The zero-order valence-electron chi connectivity index (χ0n) is 11.1. The van der Waals surface area contributed by atoms with Gasteiger partial charge in [0.15, 0.2) is 0 Å². The highest BCUT2D eigenvalue weighted by atomic mass is 15.2. The van der Waals surface area contributed by atoms with Gasteiger partial charge in [0.05, 0.1) is 22.7 Å². The lowest BCUT2D eigenvalue weighted by Crippen LogP contribution is -1.94. The lowest BCUT2D eigenvalue weighted by atomic mass is 10.0. The molecule has 0 spiro atoms. The molecule has 4 heteroatoms. The SMILES string of the molecule is c1cnc2c(c1)c1cc3ccncc3cc1n1nccc21. The first kappa shape index (κ1) is 10.7. The van der Waals surface area contributed by atoms with Gasteiger partial charge in [-0.3, -0.25) is 9.97 Å². The molecule has 4 aromatic heterocycles. The average molecular weight is 270 g/mol. The summed E-state index contributed by atoms with van der Waals surface area (Å²) in [6, 6.07) is 12.5. The predicted octanol–water partition coefficient (Wildman–Crippen LogP) is 3.58. The summed E-state index contributed by atoms with van der Waals surface area (Å²) < 4.78 is 1.96. The maximum Gasteiger partial charge on any atom is 0.0966 e. The summed E-state index contributed by atoms with van der Waals surface area (Å²) in [5.74, 6) is 0. The molecular weight excluding hydrogens is 260 g/mol. The summed E-state index contributed by atoms with van der Waals surface area (Å²) in [4.78, 5) is 8.75. The van der Waals surface area contributed by atoms with Crippen LogP contribution in [0.3, 0.4) is 0 Å². The van der Waals surface area contributed by atoms with Crippen molar-refractivity contribution in [2.75, 3.05) is 0 Å². The first-order valence-electron chi connectivity index (χ1n) is 6.80. The zero-order valence-corrected chi connectivity index (χ0v) is 11.1. The quantitative estimate of drug-likeness (QED) is 0.319. The van der Waals surface area contributed by atoms with Crippen LogP contribution < -0.4 is 0 Å². The Morgan fingerprint density at radius 1 is 0.810 bits per heavy atom. The fourth-order valence-electron chi connectivity index (χ4n) is 3.02. The van der Waals surface area contributed by atoms with Crippen LogP contribution >= 0.6 is 0 Å². The van der Waals surface area contributed by atoms with E-state index in [1.807, 2.05) is 47.5 Å². The summed E-state index contributed by atoms with van der Waals surface area (Å²) >= 11 is 0. The van der Waals surface area contributed by atoms with Crippen molar-refractivity contribution in [3.05, 3.63) is 61.2 Å². The van der Waals surface area contributed by atoms with Crippen LogP contribution in [0.15, 0.2) is 61.2 Å². The van der Waals surface area contributed by atoms with Crippen LogP contribution in [0.1, 0.15) is 0 Å². The van der Waals surface area contributed by atoms with Crippen molar-refractivity contribution in [3.63, 3.8) is 0 Å². The molecule has 0 aliphatic heterocycles. The van der Waals surface area contributed by atoms with E-state index in [1.54, 1.807) is 0 Å². The Balaban J connectivity index is 2.18. The molecule has 98 valence electrons. The van der Waals surface area contributed by atoms with Crippen LogP contribution in [-0.4, -0.2) is 19.6 Å². The summed E-state index contributed by atoms with van der Waals surface area (Å²) in [5, 5.41) is 9.06. The summed E-state index contributed by atoms with van der Waals surface area (Å²) in [5.41, 5.74) is 3.09. The highest BCUT2D eigenvalue weighted by Gasteiger charge is 2.10. The van der Waals surface area contributed by atoms with E-state index in [9.17, 15) is 0 Å². The Labute approximate surface area is 119 Å². The van der Waals surface area contributed by atoms with Crippen LogP contribution in [0.5, 0.6) is 0 Å². The maximum absolute atomic E-state index is 4.54. The number of benzene rings is 1. The van der Waals surface area contributed by atoms with E-state index < -0.39 is 0 Å². The zero-order chi connectivity index (χ0) is 13.8. The molecule has 0 saturated carbocycles. The Morgan fingerprint density at radius 3 is 2.81 bits per heavy atom. The van der Waals surface area contributed by atoms with Gasteiger partial charge in [-0.25, -0.2) is 4.52 Å². The van der Waals surface area contributed by atoms with Gasteiger partial charge in [-0.1, -0.05) is 6.07 Å². The number of hydrogen-bond donors (Lipinski definition) is 0. The summed E-state index contributed by atoms with van der Waals surface area (Å²) in [7, 11) is 0. The number of hydrogen-bond acceptors (Lipinski definition) is 3. The number of pyridine rings is 3. The minimum Gasteiger partial charge on any atom is -0.264 e. The molecule has 4 heterocycles. The van der Waals surface area contributed by atoms with Crippen LogP contribution in [0.2, 0.25) is 0 Å². The second-order valence-corrected chi connectivity index (χ2v) is 5.12. The lowest BCUT2D eigenvalue weighted by molar-refractivity contribution is 1.01. The molecule has 21 heavy (non-hydrogen) atoms. The van der Waals surface area contributed by atoms with Gasteiger partial charge in [-0.15, -0.1) is 0 Å². The second kappa shape index (κ2) is 3.76. The van der Waals surface area contributed by atoms with Crippen LogP contribution in [0.25, 0.3) is 38.1 Å². The smallest absolute Gasteiger partial charge is 0.0966 e. The minimum atomic E-state index is 0.982. The Hall–Kier alpha value is -3.01. The Kier molecular flexibility index (Phi) is 1.92. The summed E-state index contributed by atoms with van der Waals surface area (Å²) in [6.07, 6.45) is 7.35. The predicted molar refractivity (Wildman–Crippen MR) is 83.3 cm³/mol. The fourth-order valence-corrected chi connectivity index (χ4v) is 3.02. The Bertz CT molecular complexity index is 1140. The number of rotatable bonds is 0. The van der Waals surface area contributed by atoms with Gasteiger partial charge in [-0.05, 0) is 35.7 Å². The standard InChI is InChI=1S/C17H10N4/c1-2-13-14-8-11-3-6-18-10-12(11)9-16(14)21-15(4-7-20-21)17(13)19-5-1/h1-10H. The highest BCUT2D eigenvalue weighted by Crippen LogP contribution is 2.30. The van der Waals surface area contributed by atoms with Gasteiger partial charge in [0.25, 0.3) is 0 Å². The molecule has 0 N–H and O–H groups in total.